The minimum atomic E-state index is -0.0365. The first kappa shape index (κ1) is 16.5. The van der Waals surface area contributed by atoms with E-state index in [1.165, 1.54) is 32.4 Å². The fourth-order valence-corrected chi connectivity index (χ4v) is 2.49. The smallest absolute Gasteiger partial charge is 0.0564 e. The number of hydrogen-bond acceptors (Lipinski definition) is 3. The minimum Gasteiger partial charge on any atom is -0.393 e. The summed E-state index contributed by atoms with van der Waals surface area (Å²) in [7, 11) is 0. The molecule has 2 heterocycles. The quantitative estimate of drug-likeness (QED) is 0.797. The first-order valence-corrected chi connectivity index (χ1v) is 5.98. The number of nitrogens with zero attached hydrogens (tertiary/aromatic N) is 1. The van der Waals surface area contributed by atoms with Crippen molar-refractivity contribution in [3.8, 4) is 0 Å². The average Bonchev–Trinajstić information content (AvgIpc) is 2.23. The lowest BCUT2D eigenvalue weighted by molar-refractivity contribution is 0.0759. The van der Waals surface area contributed by atoms with E-state index in [1.54, 1.807) is 0 Å². The van der Waals surface area contributed by atoms with Gasteiger partial charge in [0.15, 0.2) is 0 Å². The van der Waals surface area contributed by atoms with E-state index < -0.39 is 0 Å². The molecule has 0 bridgehead atoms. The molecule has 3 nitrogen and oxygen atoms in total. The van der Waals surface area contributed by atoms with Crippen LogP contribution in [0.1, 0.15) is 32.1 Å². The van der Waals surface area contributed by atoms with E-state index in [9.17, 15) is 5.11 Å². The molecular weight excluding hydrogens is 247 g/mol. The van der Waals surface area contributed by atoms with Gasteiger partial charge in [-0.1, -0.05) is 6.42 Å². The van der Waals surface area contributed by atoms with Crippen molar-refractivity contribution in [1.29, 1.82) is 0 Å². The first-order chi connectivity index (χ1) is 6.84. The van der Waals surface area contributed by atoms with Crippen molar-refractivity contribution in [3.05, 3.63) is 0 Å². The van der Waals surface area contributed by atoms with Crippen LogP contribution in [0.4, 0.5) is 0 Å². The SMILES string of the molecule is Cl.Cl.OC1CCN(CC2CCCCN2)CC1. The van der Waals surface area contributed by atoms with Crippen LogP contribution in [-0.2, 0) is 0 Å². The molecule has 1 unspecified atom stereocenters. The number of halogens is 2. The standard InChI is InChI=1S/C11H22N2O.2ClH/c14-11-4-7-13(8-5-11)9-10-3-1-2-6-12-10;;/h10-12,14H,1-9H2;2*1H. The Balaban J connectivity index is 0.00000112. The monoisotopic (exact) mass is 270 g/mol. The van der Waals surface area contributed by atoms with Crippen molar-refractivity contribution in [3.63, 3.8) is 0 Å². The third kappa shape index (κ3) is 5.19. The lowest BCUT2D eigenvalue weighted by Crippen LogP contribution is -2.46. The van der Waals surface area contributed by atoms with E-state index in [0.29, 0.717) is 6.04 Å². The molecule has 98 valence electrons. The zero-order valence-corrected chi connectivity index (χ0v) is 11.4. The molecule has 0 aliphatic carbocycles. The van der Waals surface area contributed by atoms with Gasteiger partial charge in [0.1, 0.15) is 0 Å². The summed E-state index contributed by atoms with van der Waals surface area (Å²) in [5.74, 6) is 0. The maximum Gasteiger partial charge on any atom is 0.0564 e. The second-order valence-corrected chi connectivity index (χ2v) is 4.68. The van der Waals surface area contributed by atoms with E-state index in [0.717, 1.165) is 25.9 Å². The Morgan fingerprint density at radius 1 is 1.06 bits per heavy atom. The summed E-state index contributed by atoms with van der Waals surface area (Å²) in [6, 6.07) is 0.707. The molecule has 2 rings (SSSR count). The maximum atomic E-state index is 9.39. The van der Waals surface area contributed by atoms with Gasteiger partial charge in [-0.05, 0) is 32.2 Å². The maximum absolute atomic E-state index is 9.39. The van der Waals surface area contributed by atoms with Crippen molar-refractivity contribution >= 4 is 24.8 Å². The van der Waals surface area contributed by atoms with Crippen molar-refractivity contribution in [2.75, 3.05) is 26.2 Å². The van der Waals surface area contributed by atoms with Gasteiger partial charge in [-0.2, -0.15) is 0 Å². The highest BCUT2D eigenvalue weighted by atomic mass is 35.5. The third-order valence-corrected chi connectivity index (χ3v) is 3.45. The van der Waals surface area contributed by atoms with Crippen LogP contribution < -0.4 is 5.32 Å². The normalized spacial score (nSPS) is 27.9. The Kier molecular flexibility index (Phi) is 8.78. The number of rotatable bonds is 2. The van der Waals surface area contributed by atoms with E-state index in [2.05, 4.69) is 10.2 Å². The Labute approximate surface area is 111 Å². The second kappa shape index (κ2) is 8.54. The number of likely N-dealkylation sites (tertiary alicyclic amines) is 1. The van der Waals surface area contributed by atoms with Crippen LogP contribution in [0.15, 0.2) is 0 Å². The fraction of sp³-hybridized carbons (Fsp3) is 1.00. The molecular formula is C11H24Cl2N2O. The molecule has 2 aliphatic heterocycles. The lowest BCUT2D eigenvalue weighted by atomic mass is 10.0. The van der Waals surface area contributed by atoms with Gasteiger partial charge in [0.25, 0.3) is 0 Å². The molecule has 2 N–H and O–H groups in total. The van der Waals surface area contributed by atoms with Gasteiger partial charge in [0.2, 0.25) is 0 Å². The van der Waals surface area contributed by atoms with Gasteiger partial charge in [-0.25, -0.2) is 0 Å². The molecule has 16 heavy (non-hydrogen) atoms. The zero-order chi connectivity index (χ0) is 9.80. The number of aliphatic hydroxyl groups excluding tert-OH is 1. The molecule has 0 amide bonds. The van der Waals surface area contributed by atoms with Gasteiger partial charge in [-0.15, -0.1) is 24.8 Å². The molecule has 2 fully saturated rings. The first-order valence-electron chi connectivity index (χ1n) is 5.98. The van der Waals surface area contributed by atoms with Crippen molar-refractivity contribution < 1.29 is 5.11 Å². The summed E-state index contributed by atoms with van der Waals surface area (Å²) in [5, 5.41) is 13.0. The highest BCUT2D eigenvalue weighted by molar-refractivity contribution is 5.85. The molecule has 0 aromatic rings. The fourth-order valence-electron chi connectivity index (χ4n) is 2.49. The van der Waals surface area contributed by atoms with Crippen LogP contribution in [0.3, 0.4) is 0 Å². The Morgan fingerprint density at radius 2 is 1.75 bits per heavy atom. The van der Waals surface area contributed by atoms with Crippen molar-refractivity contribution in [2.24, 2.45) is 0 Å². The topological polar surface area (TPSA) is 35.5 Å². The Bertz CT molecular complexity index is 169. The molecule has 0 spiro atoms. The van der Waals surface area contributed by atoms with Gasteiger partial charge >= 0.3 is 0 Å². The lowest BCUT2D eigenvalue weighted by Gasteiger charge is -2.34. The molecule has 5 heteroatoms. The van der Waals surface area contributed by atoms with E-state index in [1.807, 2.05) is 0 Å². The van der Waals surface area contributed by atoms with Crippen molar-refractivity contribution in [2.45, 2.75) is 44.2 Å². The zero-order valence-electron chi connectivity index (χ0n) is 9.73. The highest BCUT2D eigenvalue weighted by Crippen LogP contribution is 2.13. The predicted molar refractivity (Wildman–Crippen MR) is 71.8 cm³/mol. The predicted octanol–water partition coefficient (Wildman–Crippen LogP) is 1.43. The summed E-state index contributed by atoms with van der Waals surface area (Å²) < 4.78 is 0. The number of hydrogen-bond donors (Lipinski definition) is 2. The van der Waals surface area contributed by atoms with E-state index in [4.69, 9.17) is 0 Å². The number of aliphatic hydroxyl groups is 1. The van der Waals surface area contributed by atoms with Crippen LogP contribution >= 0.6 is 24.8 Å². The van der Waals surface area contributed by atoms with Gasteiger partial charge in [0, 0.05) is 25.7 Å². The largest absolute Gasteiger partial charge is 0.393 e. The Hall–Kier alpha value is 0.460. The molecule has 0 saturated carbocycles. The van der Waals surface area contributed by atoms with Crippen molar-refractivity contribution in [1.82, 2.24) is 10.2 Å². The van der Waals surface area contributed by atoms with Gasteiger partial charge in [-0.3, -0.25) is 0 Å². The Morgan fingerprint density at radius 3 is 2.31 bits per heavy atom. The van der Waals surface area contributed by atoms with E-state index in [-0.39, 0.29) is 30.9 Å². The second-order valence-electron chi connectivity index (χ2n) is 4.68. The van der Waals surface area contributed by atoms with Crippen LogP contribution in [0, 0.1) is 0 Å². The molecule has 0 radical (unpaired) electrons. The molecule has 1 atom stereocenters. The summed E-state index contributed by atoms with van der Waals surface area (Å²) in [6.07, 6.45) is 5.95. The summed E-state index contributed by atoms with van der Waals surface area (Å²) in [5.41, 5.74) is 0. The van der Waals surface area contributed by atoms with Crippen LogP contribution in [-0.4, -0.2) is 48.3 Å². The minimum absolute atomic E-state index is 0. The van der Waals surface area contributed by atoms with E-state index >= 15 is 0 Å². The molecule has 0 aromatic carbocycles. The summed E-state index contributed by atoms with van der Waals surface area (Å²) in [4.78, 5) is 2.50. The third-order valence-electron chi connectivity index (χ3n) is 3.45. The molecule has 2 aliphatic rings. The van der Waals surface area contributed by atoms with Gasteiger partial charge in [0.05, 0.1) is 6.10 Å². The summed E-state index contributed by atoms with van der Waals surface area (Å²) >= 11 is 0. The molecule has 2 saturated heterocycles. The van der Waals surface area contributed by atoms with Crippen LogP contribution in [0.2, 0.25) is 0 Å². The van der Waals surface area contributed by atoms with Crippen LogP contribution in [0.25, 0.3) is 0 Å². The van der Waals surface area contributed by atoms with Gasteiger partial charge < -0.3 is 15.3 Å². The molecule has 0 aromatic heterocycles. The average molecular weight is 271 g/mol. The van der Waals surface area contributed by atoms with Crippen LogP contribution in [0.5, 0.6) is 0 Å². The number of nitrogens with one attached hydrogen (secondary N) is 1. The number of piperidine rings is 2. The summed E-state index contributed by atoms with van der Waals surface area (Å²) in [6.45, 7) is 4.55. The highest BCUT2D eigenvalue weighted by Gasteiger charge is 2.20.